The minimum atomic E-state index is 0.0791. The van der Waals surface area contributed by atoms with Crippen LogP contribution in [-0.2, 0) is 10.2 Å². The van der Waals surface area contributed by atoms with Crippen LogP contribution in [0.15, 0.2) is 24.3 Å². The molecular formula is C20H28N2O. The first-order valence-corrected chi connectivity index (χ1v) is 9.30. The molecule has 1 aromatic carbocycles. The van der Waals surface area contributed by atoms with Gasteiger partial charge in [-0.2, -0.15) is 0 Å². The van der Waals surface area contributed by atoms with E-state index in [4.69, 9.17) is 0 Å². The average molecular weight is 312 g/mol. The summed E-state index contributed by atoms with van der Waals surface area (Å²) in [4.78, 5) is 14.9. The molecule has 1 spiro atoms. The number of hydrogen-bond donors (Lipinski definition) is 1. The van der Waals surface area contributed by atoms with E-state index in [0.29, 0.717) is 6.42 Å². The van der Waals surface area contributed by atoms with E-state index in [9.17, 15) is 4.79 Å². The minimum absolute atomic E-state index is 0.0791. The molecule has 2 heterocycles. The van der Waals surface area contributed by atoms with Crippen molar-refractivity contribution in [2.24, 2.45) is 5.92 Å². The van der Waals surface area contributed by atoms with Gasteiger partial charge in [0.2, 0.25) is 5.91 Å². The van der Waals surface area contributed by atoms with Gasteiger partial charge in [-0.1, -0.05) is 38.0 Å². The summed E-state index contributed by atoms with van der Waals surface area (Å²) in [6, 6.07) is 9.21. The smallest absolute Gasteiger partial charge is 0.225 e. The fraction of sp³-hybridized carbons (Fsp3) is 0.650. The molecule has 2 atom stereocenters. The second-order valence-corrected chi connectivity index (χ2v) is 8.01. The van der Waals surface area contributed by atoms with Crippen LogP contribution >= 0.6 is 0 Å². The second-order valence-electron chi connectivity index (χ2n) is 8.01. The van der Waals surface area contributed by atoms with E-state index in [1.165, 1.54) is 31.2 Å². The minimum Gasteiger partial charge on any atom is -0.326 e. The molecule has 0 bridgehead atoms. The fourth-order valence-electron chi connectivity index (χ4n) is 5.15. The average Bonchev–Trinajstić information content (AvgIpc) is 2.55. The molecule has 3 heteroatoms. The molecule has 1 aliphatic carbocycles. The molecule has 3 nitrogen and oxygen atoms in total. The van der Waals surface area contributed by atoms with Gasteiger partial charge in [-0.05, 0) is 56.3 Å². The number of rotatable bonds is 1. The highest BCUT2D eigenvalue weighted by Gasteiger charge is 2.43. The summed E-state index contributed by atoms with van der Waals surface area (Å²) in [5, 5.41) is 3.06. The van der Waals surface area contributed by atoms with Gasteiger partial charge in [0.25, 0.3) is 0 Å². The zero-order chi connectivity index (χ0) is 15.9. The van der Waals surface area contributed by atoms with E-state index in [-0.39, 0.29) is 11.3 Å². The summed E-state index contributed by atoms with van der Waals surface area (Å²) >= 11 is 0. The lowest BCUT2D eigenvalue weighted by atomic mass is 9.67. The van der Waals surface area contributed by atoms with Gasteiger partial charge in [-0.3, -0.25) is 4.79 Å². The van der Waals surface area contributed by atoms with Crippen LogP contribution in [0.2, 0.25) is 0 Å². The van der Waals surface area contributed by atoms with Crippen LogP contribution in [0.25, 0.3) is 0 Å². The molecular weight excluding hydrogens is 284 g/mol. The molecule has 0 radical (unpaired) electrons. The van der Waals surface area contributed by atoms with E-state index in [1.807, 2.05) is 6.07 Å². The third kappa shape index (κ3) is 2.80. The highest BCUT2D eigenvalue weighted by molar-refractivity contribution is 5.95. The number of benzene rings is 1. The summed E-state index contributed by atoms with van der Waals surface area (Å²) in [6.45, 7) is 4.71. The third-order valence-electron chi connectivity index (χ3n) is 6.45. The Morgan fingerprint density at radius 3 is 2.74 bits per heavy atom. The summed E-state index contributed by atoms with van der Waals surface area (Å²) in [7, 11) is 0. The van der Waals surface area contributed by atoms with Crippen LogP contribution in [0, 0.1) is 5.92 Å². The lowest BCUT2D eigenvalue weighted by molar-refractivity contribution is -0.118. The Balaban J connectivity index is 1.51. The van der Waals surface area contributed by atoms with Gasteiger partial charge in [-0.15, -0.1) is 0 Å². The first-order chi connectivity index (χ1) is 11.2. The molecule has 1 N–H and O–H groups in total. The Kier molecular flexibility index (Phi) is 3.92. The van der Waals surface area contributed by atoms with Crippen molar-refractivity contribution < 1.29 is 4.79 Å². The van der Waals surface area contributed by atoms with Crippen molar-refractivity contribution in [2.75, 3.05) is 18.4 Å². The van der Waals surface area contributed by atoms with Gasteiger partial charge in [0.05, 0.1) is 0 Å². The van der Waals surface area contributed by atoms with E-state index >= 15 is 0 Å². The van der Waals surface area contributed by atoms with Gasteiger partial charge < -0.3 is 10.2 Å². The van der Waals surface area contributed by atoms with Crippen molar-refractivity contribution in [3.63, 3.8) is 0 Å². The summed E-state index contributed by atoms with van der Waals surface area (Å²) in [5.74, 6) is 1.08. The van der Waals surface area contributed by atoms with Gasteiger partial charge in [0.1, 0.15) is 0 Å². The maximum absolute atomic E-state index is 12.2. The summed E-state index contributed by atoms with van der Waals surface area (Å²) in [5.41, 5.74) is 2.50. The molecule has 1 saturated heterocycles. The topological polar surface area (TPSA) is 32.3 Å². The maximum Gasteiger partial charge on any atom is 0.225 e. The van der Waals surface area contributed by atoms with Crippen molar-refractivity contribution in [3.8, 4) is 0 Å². The van der Waals surface area contributed by atoms with Gasteiger partial charge in [-0.25, -0.2) is 0 Å². The highest BCUT2D eigenvalue weighted by Crippen LogP contribution is 2.45. The molecule has 1 saturated carbocycles. The first-order valence-electron chi connectivity index (χ1n) is 9.30. The van der Waals surface area contributed by atoms with E-state index in [0.717, 1.165) is 43.6 Å². The van der Waals surface area contributed by atoms with E-state index in [1.54, 1.807) is 0 Å². The first kappa shape index (κ1) is 15.2. The number of piperidine rings is 1. The number of anilines is 1. The number of para-hydroxylation sites is 1. The molecule has 124 valence electrons. The molecule has 4 rings (SSSR count). The van der Waals surface area contributed by atoms with Crippen LogP contribution in [0.1, 0.15) is 57.4 Å². The Labute approximate surface area is 139 Å². The second kappa shape index (κ2) is 5.94. The van der Waals surface area contributed by atoms with E-state index < -0.39 is 0 Å². The highest BCUT2D eigenvalue weighted by atomic mass is 16.1. The van der Waals surface area contributed by atoms with Gasteiger partial charge in [0.15, 0.2) is 0 Å². The standard InChI is InChI=1S/C20H28N2O/c1-15-5-4-6-16(13-15)22-11-9-20(10-12-22)14-19(23)21-18-8-3-2-7-17(18)20/h2-3,7-8,15-16H,4-6,9-14H2,1H3,(H,21,23)/t15-,16?/m1/s1. The number of carbonyl (C=O) groups excluding carboxylic acids is 1. The predicted molar refractivity (Wildman–Crippen MR) is 93.6 cm³/mol. The monoisotopic (exact) mass is 312 g/mol. The van der Waals surface area contributed by atoms with Crippen molar-refractivity contribution in [2.45, 2.75) is 63.3 Å². The molecule has 1 aromatic rings. The molecule has 1 unspecified atom stereocenters. The number of nitrogens with zero attached hydrogens (tertiary/aromatic N) is 1. The predicted octanol–water partition coefficient (Wildman–Crippen LogP) is 3.94. The molecule has 0 aromatic heterocycles. The van der Waals surface area contributed by atoms with E-state index in [2.05, 4.69) is 35.3 Å². The molecule has 3 aliphatic rings. The van der Waals surface area contributed by atoms with Crippen LogP contribution < -0.4 is 5.32 Å². The lowest BCUT2D eigenvalue weighted by Gasteiger charge is -2.48. The number of amides is 1. The lowest BCUT2D eigenvalue weighted by Crippen LogP contribution is -2.50. The number of hydrogen-bond acceptors (Lipinski definition) is 2. The van der Waals surface area contributed by atoms with Gasteiger partial charge >= 0.3 is 0 Å². The quantitative estimate of drug-likeness (QED) is 0.852. The zero-order valence-corrected chi connectivity index (χ0v) is 14.2. The van der Waals surface area contributed by atoms with Gasteiger partial charge in [0, 0.05) is 23.6 Å². The van der Waals surface area contributed by atoms with Crippen molar-refractivity contribution in [1.29, 1.82) is 0 Å². The SMILES string of the molecule is C[C@@H]1CCCC(N2CCC3(CC2)CC(=O)Nc2ccccc23)C1. The molecule has 2 fully saturated rings. The normalized spacial score (nSPS) is 30.7. The zero-order valence-electron chi connectivity index (χ0n) is 14.2. The summed E-state index contributed by atoms with van der Waals surface area (Å²) in [6.07, 6.45) is 8.45. The number of likely N-dealkylation sites (tertiary alicyclic amines) is 1. The van der Waals surface area contributed by atoms with Crippen LogP contribution in [-0.4, -0.2) is 29.9 Å². The Bertz CT molecular complexity index is 589. The maximum atomic E-state index is 12.2. The van der Waals surface area contributed by atoms with Crippen LogP contribution in [0.4, 0.5) is 5.69 Å². The third-order valence-corrected chi connectivity index (χ3v) is 6.45. The number of carbonyl (C=O) groups is 1. The van der Waals surface area contributed by atoms with Crippen molar-refractivity contribution >= 4 is 11.6 Å². The molecule has 23 heavy (non-hydrogen) atoms. The Morgan fingerprint density at radius 1 is 1.17 bits per heavy atom. The molecule has 2 aliphatic heterocycles. The Morgan fingerprint density at radius 2 is 1.96 bits per heavy atom. The molecule has 1 amide bonds. The summed E-state index contributed by atoms with van der Waals surface area (Å²) < 4.78 is 0. The number of fused-ring (bicyclic) bond motifs is 2. The Hall–Kier alpha value is -1.35. The van der Waals surface area contributed by atoms with Crippen molar-refractivity contribution in [1.82, 2.24) is 4.90 Å². The van der Waals surface area contributed by atoms with Crippen LogP contribution in [0.5, 0.6) is 0 Å². The number of nitrogens with one attached hydrogen (secondary N) is 1. The largest absolute Gasteiger partial charge is 0.326 e. The fourth-order valence-corrected chi connectivity index (χ4v) is 5.15. The van der Waals surface area contributed by atoms with Crippen molar-refractivity contribution in [3.05, 3.63) is 29.8 Å². The van der Waals surface area contributed by atoms with Crippen LogP contribution in [0.3, 0.4) is 0 Å².